The van der Waals surface area contributed by atoms with Crippen molar-refractivity contribution in [2.24, 2.45) is 0 Å². The molecular formula is C18H29N3O4. The van der Waals surface area contributed by atoms with E-state index < -0.39 is 0 Å². The Hall–Kier alpha value is -1.90. The minimum atomic E-state index is -0.390. The van der Waals surface area contributed by atoms with E-state index >= 15 is 0 Å². The van der Waals surface area contributed by atoms with Gasteiger partial charge in [-0.1, -0.05) is 0 Å². The first-order valence-corrected chi connectivity index (χ1v) is 8.54. The van der Waals surface area contributed by atoms with Gasteiger partial charge < -0.3 is 23.8 Å². The molecule has 140 valence electrons. The zero-order valence-corrected chi connectivity index (χ0v) is 15.6. The second kappa shape index (κ2) is 15.6. The van der Waals surface area contributed by atoms with Crippen molar-refractivity contribution >= 4 is 0 Å². The molecule has 0 aliphatic rings. The van der Waals surface area contributed by atoms with E-state index in [2.05, 4.69) is 0 Å². The number of allylic oxidation sites excluding steroid dienone is 3. The lowest BCUT2D eigenvalue weighted by Crippen LogP contribution is -2.38. The fraction of sp³-hybridized carbons (Fsp3) is 0.667. The highest BCUT2D eigenvalue weighted by Gasteiger charge is 2.17. The molecule has 0 aromatic rings. The molecule has 0 saturated carbocycles. The number of rotatable bonds is 14. The third-order valence-corrected chi connectivity index (χ3v) is 2.98. The van der Waals surface area contributed by atoms with Crippen LogP contribution >= 0.6 is 0 Å². The van der Waals surface area contributed by atoms with Gasteiger partial charge in [0.15, 0.2) is 12.6 Å². The van der Waals surface area contributed by atoms with E-state index in [1.165, 1.54) is 6.08 Å². The van der Waals surface area contributed by atoms with Crippen LogP contribution in [0.3, 0.4) is 0 Å². The van der Waals surface area contributed by atoms with Crippen LogP contribution in [0.4, 0.5) is 0 Å². The molecule has 0 aromatic heterocycles. The number of hydrogen-bond acceptors (Lipinski definition) is 7. The highest BCUT2D eigenvalue weighted by Crippen LogP contribution is 2.06. The summed E-state index contributed by atoms with van der Waals surface area (Å²) < 4.78 is 22.3. The summed E-state index contributed by atoms with van der Waals surface area (Å²) in [6.45, 7) is 10.7. The van der Waals surface area contributed by atoms with Gasteiger partial charge in [0.25, 0.3) is 0 Å². The summed E-state index contributed by atoms with van der Waals surface area (Å²) in [5.74, 6) is 0. The molecular weight excluding hydrogens is 322 g/mol. The molecule has 0 atom stereocenters. The lowest BCUT2D eigenvalue weighted by atomic mass is 10.3. The van der Waals surface area contributed by atoms with Gasteiger partial charge in [-0.25, -0.2) is 0 Å². The van der Waals surface area contributed by atoms with Crippen molar-refractivity contribution < 1.29 is 18.9 Å². The summed E-state index contributed by atoms with van der Waals surface area (Å²) in [4.78, 5) is 1.93. The predicted molar refractivity (Wildman–Crippen MR) is 94.1 cm³/mol. The highest BCUT2D eigenvalue weighted by molar-refractivity contribution is 5.37. The first-order valence-electron chi connectivity index (χ1n) is 8.54. The normalized spacial score (nSPS) is 10.9. The Morgan fingerprint density at radius 2 is 1.24 bits per heavy atom. The van der Waals surface area contributed by atoms with E-state index in [-0.39, 0.29) is 18.2 Å². The third-order valence-electron chi connectivity index (χ3n) is 2.98. The third kappa shape index (κ3) is 11.3. The predicted octanol–water partition coefficient (Wildman–Crippen LogP) is 2.57. The molecule has 0 amide bonds. The first-order chi connectivity index (χ1) is 12.1. The standard InChI is InChI=1S/C18H29N3O4/c1-5-22-17(23-6-2)14-21(11-9-10-16(12-19)13-20)15-18(24-7-3)25-8-4/h9-11,17-18H,5-8,14-15H2,1-4H3. The van der Waals surface area contributed by atoms with Crippen LogP contribution in [0.5, 0.6) is 0 Å². The van der Waals surface area contributed by atoms with Crippen molar-refractivity contribution in [3.05, 3.63) is 23.9 Å². The molecule has 0 aromatic carbocycles. The van der Waals surface area contributed by atoms with E-state index in [4.69, 9.17) is 29.5 Å². The number of nitriles is 2. The largest absolute Gasteiger partial charge is 0.367 e. The maximum Gasteiger partial charge on any atom is 0.174 e. The van der Waals surface area contributed by atoms with Crippen molar-refractivity contribution in [1.82, 2.24) is 4.90 Å². The van der Waals surface area contributed by atoms with Crippen molar-refractivity contribution in [1.29, 1.82) is 10.5 Å². The van der Waals surface area contributed by atoms with Crippen LogP contribution in [-0.2, 0) is 18.9 Å². The van der Waals surface area contributed by atoms with Crippen molar-refractivity contribution in [2.75, 3.05) is 39.5 Å². The van der Waals surface area contributed by atoms with Gasteiger partial charge in [0, 0.05) is 26.4 Å². The van der Waals surface area contributed by atoms with Crippen LogP contribution in [0.2, 0.25) is 0 Å². The molecule has 0 spiro atoms. The van der Waals surface area contributed by atoms with Crippen LogP contribution in [0, 0.1) is 22.7 Å². The highest BCUT2D eigenvalue weighted by atomic mass is 16.7. The van der Waals surface area contributed by atoms with E-state index in [0.717, 1.165) is 0 Å². The molecule has 7 heteroatoms. The Bertz CT molecular complexity index is 434. The fourth-order valence-electron chi connectivity index (χ4n) is 1.99. The van der Waals surface area contributed by atoms with Gasteiger partial charge in [-0.3, -0.25) is 0 Å². The summed E-state index contributed by atoms with van der Waals surface area (Å²) >= 11 is 0. The number of ether oxygens (including phenoxy) is 4. The Kier molecular flexibility index (Phi) is 14.4. The Labute approximate surface area is 151 Å². The lowest BCUT2D eigenvalue weighted by Gasteiger charge is -2.29. The van der Waals surface area contributed by atoms with Crippen molar-refractivity contribution in [2.45, 2.75) is 40.3 Å². The monoisotopic (exact) mass is 351 g/mol. The van der Waals surface area contributed by atoms with E-state index in [0.29, 0.717) is 39.5 Å². The second-order valence-corrected chi connectivity index (χ2v) is 4.78. The lowest BCUT2D eigenvalue weighted by molar-refractivity contribution is -0.165. The molecule has 0 N–H and O–H groups in total. The van der Waals surface area contributed by atoms with Crippen LogP contribution < -0.4 is 0 Å². The Morgan fingerprint density at radius 1 is 0.840 bits per heavy atom. The van der Waals surface area contributed by atoms with Gasteiger partial charge in [-0.2, -0.15) is 10.5 Å². The van der Waals surface area contributed by atoms with E-state index in [1.54, 1.807) is 12.3 Å². The first kappa shape index (κ1) is 23.1. The molecule has 0 aliphatic heterocycles. The van der Waals surface area contributed by atoms with E-state index in [9.17, 15) is 0 Å². The summed E-state index contributed by atoms with van der Waals surface area (Å²) in [6, 6.07) is 3.64. The number of hydrogen-bond donors (Lipinski definition) is 0. The molecule has 0 bridgehead atoms. The average molecular weight is 351 g/mol. The quantitative estimate of drug-likeness (QED) is 0.270. The van der Waals surface area contributed by atoms with Gasteiger partial charge in [-0.15, -0.1) is 0 Å². The van der Waals surface area contributed by atoms with E-state index in [1.807, 2.05) is 44.7 Å². The summed E-state index contributed by atoms with van der Waals surface area (Å²) in [7, 11) is 0. The maximum atomic E-state index is 8.79. The minimum absolute atomic E-state index is 0.0357. The van der Waals surface area contributed by atoms with Crippen LogP contribution in [0.25, 0.3) is 0 Å². The van der Waals surface area contributed by atoms with Gasteiger partial charge in [-0.05, 0) is 46.0 Å². The van der Waals surface area contributed by atoms with Crippen molar-refractivity contribution in [3.63, 3.8) is 0 Å². The van der Waals surface area contributed by atoms with Gasteiger partial charge >= 0.3 is 0 Å². The van der Waals surface area contributed by atoms with Crippen LogP contribution in [0.1, 0.15) is 27.7 Å². The molecule has 25 heavy (non-hydrogen) atoms. The molecule has 7 nitrogen and oxygen atoms in total. The summed E-state index contributed by atoms with van der Waals surface area (Å²) in [5.41, 5.74) is 0.0357. The molecule has 0 heterocycles. The van der Waals surface area contributed by atoms with Crippen molar-refractivity contribution in [3.8, 4) is 12.1 Å². The Balaban J connectivity index is 5.13. The van der Waals surface area contributed by atoms with Crippen LogP contribution in [-0.4, -0.2) is 57.0 Å². The molecule has 0 saturated heterocycles. The molecule has 0 radical (unpaired) electrons. The zero-order chi connectivity index (χ0) is 18.9. The molecule has 0 rings (SSSR count). The van der Waals surface area contributed by atoms with Gasteiger partial charge in [0.05, 0.1) is 13.1 Å². The fourth-order valence-corrected chi connectivity index (χ4v) is 1.99. The summed E-state index contributed by atoms with van der Waals surface area (Å²) in [5, 5.41) is 17.6. The second-order valence-electron chi connectivity index (χ2n) is 4.78. The molecule has 0 unspecified atom stereocenters. The molecule has 0 aliphatic carbocycles. The average Bonchev–Trinajstić information content (AvgIpc) is 2.59. The zero-order valence-electron chi connectivity index (χ0n) is 15.6. The topological polar surface area (TPSA) is 87.7 Å². The Morgan fingerprint density at radius 3 is 1.56 bits per heavy atom. The SMILES string of the molecule is CCOC(CN(C=CC=C(C#N)C#N)CC(OCC)OCC)OCC. The molecule has 0 fully saturated rings. The smallest absolute Gasteiger partial charge is 0.174 e. The summed E-state index contributed by atoms with van der Waals surface area (Å²) in [6.07, 6.45) is 4.09. The number of nitrogens with zero attached hydrogens (tertiary/aromatic N) is 3. The van der Waals surface area contributed by atoms with Crippen LogP contribution in [0.15, 0.2) is 23.9 Å². The maximum absolute atomic E-state index is 8.79. The van der Waals surface area contributed by atoms with Gasteiger partial charge in [0.1, 0.15) is 17.7 Å². The minimum Gasteiger partial charge on any atom is -0.367 e. The van der Waals surface area contributed by atoms with Gasteiger partial charge in [0.2, 0.25) is 0 Å².